The zero-order chi connectivity index (χ0) is 14.5. The molecule has 0 aromatic carbocycles. The van der Waals surface area contributed by atoms with Gasteiger partial charge in [0.05, 0.1) is 5.75 Å². The highest BCUT2D eigenvalue weighted by Crippen LogP contribution is 2.25. The van der Waals surface area contributed by atoms with Crippen LogP contribution in [0.25, 0.3) is 0 Å². The number of carbonyl (C=O) groups is 1. The topological polar surface area (TPSA) is 121 Å². The van der Waals surface area contributed by atoms with E-state index in [-0.39, 0.29) is 16.8 Å². The molecule has 0 atom stereocenters. The van der Waals surface area contributed by atoms with Crippen LogP contribution in [0.4, 0.5) is 5.13 Å². The molecule has 1 aromatic rings. The Morgan fingerprint density at radius 1 is 1.47 bits per heavy atom. The molecule has 0 unspecified atom stereocenters. The van der Waals surface area contributed by atoms with E-state index >= 15 is 0 Å². The van der Waals surface area contributed by atoms with Crippen molar-refractivity contribution in [2.75, 3.05) is 17.0 Å². The third-order valence-electron chi connectivity index (χ3n) is 1.63. The summed E-state index contributed by atoms with van der Waals surface area (Å²) in [5.74, 6) is -0.930. The third kappa shape index (κ3) is 6.71. The fourth-order valence-electron chi connectivity index (χ4n) is 0.860. The fraction of sp³-hybridized carbons (Fsp3) is 0.625. The molecule has 1 rings (SSSR count). The number of nitrogens with one attached hydrogen (secondary N) is 2. The minimum absolute atomic E-state index is 0.101. The van der Waals surface area contributed by atoms with Gasteiger partial charge in [0.2, 0.25) is 5.13 Å². The SMILES string of the molecule is CC(C)CNS(=O)(=O)Nc1nnc(SCC(=O)O)s1. The van der Waals surface area contributed by atoms with Crippen molar-refractivity contribution in [1.82, 2.24) is 14.9 Å². The zero-order valence-electron chi connectivity index (χ0n) is 10.3. The van der Waals surface area contributed by atoms with Crippen LogP contribution >= 0.6 is 23.1 Å². The maximum atomic E-state index is 11.6. The molecule has 108 valence electrons. The fourth-order valence-corrected chi connectivity index (χ4v) is 3.58. The summed E-state index contributed by atoms with van der Waals surface area (Å²) in [5.41, 5.74) is 0. The first-order valence-corrected chi connectivity index (χ1v) is 8.52. The Labute approximate surface area is 119 Å². The molecule has 0 spiro atoms. The lowest BCUT2D eigenvalue weighted by Gasteiger charge is -2.08. The number of anilines is 1. The lowest BCUT2D eigenvalue weighted by molar-refractivity contribution is -0.133. The molecule has 0 bridgehead atoms. The predicted molar refractivity (Wildman–Crippen MR) is 73.7 cm³/mol. The van der Waals surface area contributed by atoms with Crippen LogP contribution in [-0.2, 0) is 15.0 Å². The van der Waals surface area contributed by atoms with Crippen molar-refractivity contribution in [2.24, 2.45) is 5.92 Å². The van der Waals surface area contributed by atoms with Gasteiger partial charge in [-0.1, -0.05) is 36.9 Å². The standard InChI is InChI=1S/C8H14N4O4S3/c1-5(2)3-9-19(15,16)12-7-10-11-8(18-7)17-4-6(13)14/h5,9H,3-4H2,1-2H3,(H,10,12)(H,13,14). The summed E-state index contributed by atoms with van der Waals surface area (Å²) in [6, 6.07) is 0. The lowest BCUT2D eigenvalue weighted by Crippen LogP contribution is -2.32. The van der Waals surface area contributed by atoms with Crippen LogP contribution in [0.1, 0.15) is 13.8 Å². The van der Waals surface area contributed by atoms with Gasteiger partial charge in [-0.15, -0.1) is 10.2 Å². The summed E-state index contributed by atoms with van der Waals surface area (Å²) in [5, 5.41) is 15.9. The van der Waals surface area contributed by atoms with Crippen LogP contribution in [0.3, 0.4) is 0 Å². The van der Waals surface area contributed by atoms with Crippen molar-refractivity contribution >= 4 is 44.4 Å². The first-order chi connectivity index (χ1) is 8.78. The minimum atomic E-state index is -3.67. The molecule has 1 aromatic heterocycles. The molecular formula is C8H14N4O4S3. The van der Waals surface area contributed by atoms with Crippen molar-refractivity contribution in [3.63, 3.8) is 0 Å². The number of aromatic nitrogens is 2. The predicted octanol–water partition coefficient (Wildman–Crippen LogP) is 0.617. The minimum Gasteiger partial charge on any atom is -0.481 e. The van der Waals surface area contributed by atoms with E-state index in [1.165, 1.54) is 0 Å². The number of carboxylic acid groups (broad SMARTS) is 1. The second-order valence-corrected chi connectivity index (χ2v) is 7.60. The Hall–Kier alpha value is -0.910. The maximum absolute atomic E-state index is 11.6. The number of hydrogen-bond donors (Lipinski definition) is 3. The summed E-state index contributed by atoms with van der Waals surface area (Å²) in [4.78, 5) is 10.4. The van der Waals surface area contributed by atoms with Gasteiger partial charge >= 0.3 is 16.2 Å². The third-order valence-corrected chi connectivity index (χ3v) is 4.72. The number of thioether (sulfide) groups is 1. The van der Waals surface area contributed by atoms with Gasteiger partial charge in [-0.05, 0) is 5.92 Å². The van der Waals surface area contributed by atoms with Gasteiger partial charge in [0.1, 0.15) is 0 Å². The van der Waals surface area contributed by atoms with E-state index in [1.807, 2.05) is 13.8 Å². The normalized spacial score (nSPS) is 11.7. The molecule has 0 saturated heterocycles. The van der Waals surface area contributed by atoms with Crippen LogP contribution in [0.2, 0.25) is 0 Å². The second kappa shape index (κ2) is 7.03. The average Bonchev–Trinajstić information content (AvgIpc) is 2.71. The monoisotopic (exact) mass is 326 g/mol. The summed E-state index contributed by atoms with van der Waals surface area (Å²) >= 11 is 1.97. The van der Waals surface area contributed by atoms with Crippen molar-refractivity contribution in [3.05, 3.63) is 0 Å². The Morgan fingerprint density at radius 3 is 2.74 bits per heavy atom. The van der Waals surface area contributed by atoms with Crippen molar-refractivity contribution in [2.45, 2.75) is 18.2 Å². The van der Waals surface area contributed by atoms with E-state index < -0.39 is 16.2 Å². The molecule has 0 fully saturated rings. The second-order valence-electron chi connectivity index (χ2n) is 3.90. The Bertz CT molecular complexity index is 528. The largest absolute Gasteiger partial charge is 0.481 e. The molecule has 0 aliphatic heterocycles. The van der Waals surface area contributed by atoms with Crippen molar-refractivity contribution < 1.29 is 18.3 Å². The van der Waals surface area contributed by atoms with Crippen LogP contribution < -0.4 is 9.44 Å². The number of nitrogens with zero attached hydrogens (tertiary/aromatic N) is 2. The first-order valence-electron chi connectivity index (χ1n) is 5.24. The Balaban J connectivity index is 2.55. The van der Waals surface area contributed by atoms with Gasteiger partial charge in [0.25, 0.3) is 0 Å². The summed E-state index contributed by atoms with van der Waals surface area (Å²) in [7, 11) is -3.67. The van der Waals surface area contributed by atoms with Gasteiger partial charge in [0, 0.05) is 6.54 Å². The number of rotatable bonds is 8. The molecule has 11 heteroatoms. The van der Waals surface area contributed by atoms with Crippen molar-refractivity contribution in [1.29, 1.82) is 0 Å². The van der Waals surface area contributed by atoms with E-state index in [1.54, 1.807) is 0 Å². The van der Waals surface area contributed by atoms with Gasteiger partial charge in [-0.2, -0.15) is 13.1 Å². The van der Waals surface area contributed by atoms with E-state index in [9.17, 15) is 13.2 Å². The quantitative estimate of drug-likeness (QED) is 0.599. The molecule has 3 N–H and O–H groups in total. The Kier molecular flexibility index (Phi) is 5.97. The van der Waals surface area contributed by atoms with Crippen LogP contribution in [0.5, 0.6) is 0 Å². The molecule has 0 saturated carbocycles. The lowest BCUT2D eigenvalue weighted by atomic mass is 10.2. The van der Waals surface area contributed by atoms with Crippen molar-refractivity contribution in [3.8, 4) is 0 Å². The molecule has 19 heavy (non-hydrogen) atoms. The van der Waals surface area contributed by atoms with Crippen LogP contribution in [-0.4, -0.2) is 42.0 Å². The first kappa shape index (κ1) is 16.1. The number of hydrogen-bond acceptors (Lipinski definition) is 7. The molecule has 1 heterocycles. The summed E-state index contributed by atoms with van der Waals surface area (Å²) < 4.78 is 28.2. The molecule has 0 radical (unpaired) electrons. The Morgan fingerprint density at radius 2 is 2.16 bits per heavy atom. The molecule has 0 aliphatic rings. The van der Waals surface area contributed by atoms with Crippen LogP contribution in [0.15, 0.2) is 4.34 Å². The smallest absolute Gasteiger partial charge is 0.313 e. The highest BCUT2D eigenvalue weighted by atomic mass is 32.2. The van der Waals surface area contributed by atoms with Gasteiger partial charge in [0.15, 0.2) is 4.34 Å². The molecular weight excluding hydrogens is 312 g/mol. The van der Waals surface area contributed by atoms with Gasteiger partial charge in [-0.3, -0.25) is 4.79 Å². The van der Waals surface area contributed by atoms with Crippen LogP contribution in [0, 0.1) is 5.92 Å². The summed E-state index contributed by atoms with van der Waals surface area (Å²) in [6.45, 7) is 4.08. The number of aliphatic carboxylic acids is 1. The molecule has 0 amide bonds. The maximum Gasteiger partial charge on any atom is 0.313 e. The highest BCUT2D eigenvalue weighted by Gasteiger charge is 2.14. The van der Waals surface area contributed by atoms with E-state index in [2.05, 4.69) is 19.6 Å². The van der Waals surface area contributed by atoms with E-state index in [0.29, 0.717) is 10.9 Å². The van der Waals surface area contributed by atoms with E-state index in [4.69, 9.17) is 5.11 Å². The highest BCUT2D eigenvalue weighted by molar-refractivity contribution is 8.01. The van der Waals surface area contributed by atoms with Gasteiger partial charge < -0.3 is 5.11 Å². The number of carboxylic acids is 1. The summed E-state index contributed by atoms with van der Waals surface area (Å²) in [6.07, 6.45) is 0. The zero-order valence-corrected chi connectivity index (χ0v) is 12.7. The average molecular weight is 326 g/mol. The molecule has 8 nitrogen and oxygen atoms in total. The van der Waals surface area contributed by atoms with Gasteiger partial charge in [-0.25, -0.2) is 4.72 Å². The van der Waals surface area contributed by atoms with E-state index in [0.717, 1.165) is 23.1 Å². The molecule has 0 aliphatic carbocycles.